The molecule has 1 amide bonds. The van der Waals surface area contributed by atoms with E-state index in [4.69, 9.17) is 4.42 Å². The van der Waals surface area contributed by atoms with Crippen LogP contribution in [0, 0.1) is 18.3 Å². The van der Waals surface area contributed by atoms with Gasteiger partial charge in [0.2, 0.25) is 5.91 Å². The van der Waals surface area contributed by atoms with Crippen molar-refractivity contribution in [3.8, 4) is 17.5 Å². The Kier molecular flexibility index (Phi) is 6.66. The maximum Gasteiger partial charge on any atom is 0.234 e. The second kappa shape index (κ2) is 9.61. The SMILES string of the molecule is Cc1ccccc1-c1nnc(SCC(=O)N(C)C2(C#N)CCCCC2)n1Cc1ccco1. The van der Waals surface area contributed by atoms with Crippen LogP contribution >= 0.6 is 11.8 Å². The normalized spacial score (nSPS) is 15.3. The maximum atomic E-state index is 13.0. The molecule has 0 bridgehead atoms. The first-order valence-electron chi connectivity index (χ1n) is 10.9. The number of amides is 1. The van der Waals surface area contributed by atoms with Crippen LogP contribution in [0.3, 0.4) is 0 Å². The third kappa shape index (κ3) is 4.44. The number of nitrogens with zero attached hydrogens (tertiary/aromatic N) is 5. The van der Waals surface area contributed by atoms with Gasteiger partial charge in [-0.25, -0.2) is 0 Å². The molecule has 7 nitrogen and oxygen atoms in total. The van der Waals surface area contributed by atoms with E-state index in [0.29, 0.717) is 11.7 Å². The van der Waals surface area contributed by atoms with Gasteiger partial charge in [0.25, 0.3) is 0 Å². The standard InChI is InChI=1S/C24H27N5O2S/c1-18-9-4-5-11-20(18)22-26-27-23(29(22)15-19-10-8-14-31-19)32-16-21(30)28(2)24(17-25)12-6-3-7-13-24/h4-5,8-11,14H,3,6-7,12-13,15-16H2,1-2H3. The van der Waals surface area contributed by atoms with Crippen molar-refractivity contribution in [2.75, 3.05) is 12.8 Å². The average Bonchev–Trinajstić information content (AvgIpc) is 3.48. The molecular formula is C24H27N5O2S. The highest BCUT2D eigenvalue weighted by Gasteiger charge is 2.38. The van der Waals surface area contributed by atoms with E-state index in [1.807, 2.05) is 47.9 Å². The minimum Gasteiger partial charge on any atom is -0.467 e. The lowest BCUT2D eigenvalue weighted by Gasteiger charge is -2.39. The van der Waals surface area contributed by atoms with E-state index in [1.54, 1.807) is 18.2 Å². The highest BCUT2D eigenvalue weighted by molar-refractivity contribution is 7.99. The van der Waals surface area contributed by atoms with Crippen molar-refractivity contribution < 1.29 is 9.21 Å². The number of carbonyl (C=O) groups excluding carboxylic acids is 1. The van der Waals surface area contributed by atoms with Crippen LogP contribution < -0.4 is 0 Å². The fourth-order valence-corrected chi connectivity index (χ4v) is 5.09. The van der Waals surface area contributed by atoms with Crippen LogP contribution in [0.1, 0.15) is 43.4 Å². The molecule has 0 unspecified atom stereocenters. The first-order chi connectivity index (χ1) is 15.5. The topological polar surface area (TPSA) is 88.0 Å². The molecule has 4 rings (SSSR count). The molecule has 0 radical (unpaired) electrons. The van der Waals surface area contributed by atoms with Crippen LogP contribution in [-0.2, 0) is 11.3 Å². The fraction of sp³-hybridized carbons (Fsp3) is 0.417. The third-order valence-electron chi connectivity index (χ3n) is 6.23. The van der Waals surface area contributed by atoms with E-state index in [1.165, 1.54) is 11.8 Å². The van der Waals surface area contributed by atoms with Gasteiger partial charge in [0.1, 0.15) is 11.3 Å². The van der Waals surface area contributed by atoms with Gasteiger partial charge in [-0.1, -0.05) is 55.3 Å². The zero-order chi connectivity index (χ0) is 22.6. The van der Waals surface area contributed by atoms with Gasteiger partial charge in [-0.05, 0) is 37.5 Å². The molecule has 1 saturated carbocycles. The van der Waals surface area contributed by atoms with Crippen molar-refractivity contribution in [2.24, 2.45) is 0 Å². The Morgan fingerprint density at radius 3 is 2.69 bits per heavy atom. The first kappa shape index (κ1) is 22.2. The van der Waals surface area contributed by atoms with Crippen LogP contribution in [0.25, 0.3) is 11.4 Å². The second-order valence-electron chi connectivity index (χ2n) is 8.23. The van der Waals surface area contributed by atoms with Crippen molar-refractivity contribution in [1.82, 2.24) is 19.7 Å². The maximum absolute atomic E-state index is 13.0. The molecule has 0 atom stereocenters. The summed E-state index contributed by atoms with van der Waals surface area (Å²) in [5.41, 5.74) is 1.40. The Bertz CT molecular complexity index is 1110. The number of furan rings is 1. The number of carbonyl (C=O) groups is 1. The monoisotopic (exact) mass is 449 g/mol. The highest BCUT2D eigenvalue weighted by Crippen LogP contribution is 2.33. The molecule has 3 aromatic rings. The van der Waals surface area contributed by atoms with Crippen LogP contribution in [0.15, 0.2) is 52.2 Å². The number of aromatic nitrogens is 3. The lowest BCUT2D eigenvalue weighted by Crippen LogP contribution is -2.50. The van der Waals surface area contributed by atoms with Crippen LogP contribution in [-0.4, -0.2) is 43.9 Å². The fourth-order valence-electron chi connectivity index (χ4n) is 4.24. The molecule has 2 heterocycles. The predicted molar refractivity (Wildman–Crippen MR) is 123 cm³/mol. The molecule has 32 heavy (non-hydrogen) atoms. The Labute approximate surface area is 192 Å². The molecule has 0 saturated heterocycles. The summed E-state index contributed by atoms with van der Waals surface area (Å²) in [6, 6.07) is 14.2. The average molecular weight is 450 g/mol. The number of hydrogen-bond acceptors (Lipinski definition) is 6. The number of thioether (sulfide) groups is 1. The summed E-state index contributed by atoms with van der Waals surface area (Å²) in [4.78, 5) is 14.7. The zero-order valence-corrected chi connectivity index (χ0v) is 19.3. The second-order valence-corrected chi connectivity index (χ2v) is 9.17. The number of nitriles is 1. The van der Waals surface area contributed by atoms with Crippen molar-refractivity contribution in [3.63, 3.8) is 0 Å². The Morgan fingerprint density at radius 2 is 2.00 bits per heavy atom. The molecule has 1 aliphatic rings. The zero-order valence-electron chi connectivity index (χ0n) is 18.5. The lowest BCUT2D eigenvalue weighted by atomic mass is 9.81. The molecule has 8 heteroatoms. The van der Waals surface area contributed by atoms with E-state index in [-0.39, 0.29) is 11.7 Å². The van der Waals surface area contributed by atoms with Gasteiger partial charge in [-0.2, -0.15) is 5.26 Å². The van der Waals surface area contributed by atoms with Gasteiger partial charge in [-0.15, -0.1) is 10.2 Å². The molecular weight excluding hydrogens is 422 g/mol. The lowest BCUT2D eigenvalue weighted by molar-refractivity contribution is -0.131. The van der Waals surface area contributed by atoms with E-state index in [0.717, 1.165) is 54.8 Å². The minimum atomic E-state index is -0.690. The predicted octanol–water partition coefficient (Wildman–Crippen LogP) is 4.67. The molecule has 0 aliphatic heterocycles. The van der Waals surface area contributed by atoms with Gasteiger partial charge in [0.15, 0.2) is 11.0 Å². The third-order valence-corrected chi connectivity index (χ3v) is 7.18. The van der Waals surface area contributed by atoms with E-state index in [2.05, 4.69) is 16.3 Å². The molecule has 0 spiro atoms. The van der Waals surface area contributed by atoms with Crippen molar-refractivity contribution in [3.05, 3.63) is 54.0 Å². The summed E-state index contributed by atoms with van der Waals surface area (Å²) >= 11 is 1.35. The van der Waals surface area contributed by atoms with E-state index in [9.17, 15) is 10.1 Å². The van der Waals surface area contributed by atoms with Gasteiger partial charge in [0.05, 0.1) is 24.6 Å². The van der Waals surface area contributed by atoms with Gasteiger partial charge >= 0.3 is 0 Å². The van der Waals surface area contributed by atoms with Crippen LogP contribution in [0.2, 0.25) is 0 Å². The molecule has 1 fully saturated rings. The van der Waals surface area contributed by atoms with Crippen molar-refractivity contribution >= 4 is 17.7 Å². The van der Waals surface area contributed by atoms with Crippen molar-refractivity contribution in [1.29, 1.82) is 5.26 Å². The highest BCUT2D eigenvalue weighted by atomic mass is 32.2. The van der Waals surface area contributed by atoms with E-state index < -0.39 is 5.54 Å². The van der Waals surface area contributed by atoms with Crippen LogP contribution in [0.4, 0.5) is 0 Å². The number of aryl methyl sites for hydroxylation is 1. The van der Waals surface area contributed by atoms with Gasteiger partial charge < -0.3 is 9.32 Å². The Morgan fingerprint density at radius 1 is 1.22 bits per heavy atom. The first-order valence-corrected chi connectivity index (χ1v) is 11.8. The molecule has 0 N–H and O–H groups in total. The van der Waals surface area contributed by atoms with Crippen molar-refractivity contribution in [2.45, 2.75) is 56.3 Å². The molecule has 166 valence electrons. The van der Waals surface area contributed by atoms with Gasteiger partial charge in [0, 0.05) is 12.6 Å². The number of benzene rings is 1. The largest absolute Gasteiger partial charge is 0.467 e. The molecule has 1 aliphatic carbocycles. The minimum absolute atomic E-state index is 0.0663. The number of hydrogen-bond donors (Lipinski definition) is 0. The summed E-state index contributed by atoms with van der Waals surface area (Å²) in [6.45, 7) is 2.51. The smallest absolute Gasteiger partial charge is 0.234 e. The van der Waals surface area contributed by atoms with Crippen LogP contribution in [0.5, 0.6) is 0 Å². The summed E-state index contributed by atoms with van der Waals surface area (Å²) in [5.74, 6) is 1.66. The molecule has 1 aromatic carbocycles. The van der Waals surface area contributed by atoms with Gasteiger partial charge in [-0.3, -0.25) is 9.36 Å². The Hall–Kier alpha value is -3.05. The summed E-state index contributed by atoms with van der Waals surface area (Å²) < 4.78 is 7.54. The molecule has 2 aromatic heterocycles. The quantitative estimate of drug-likeness (QED) is 0.487. The Balaban J connectivity index is 1.56. The summed E-state index contributed by atoms with van der Waals surface area (Å²) in [6.07, 6.45) is 6.21. The number of rotatable bonds is 7. The summed E-state index contributed by atoms with van der Waals surface area (Å²) in [5, 5.41) is 19.3. The summed E-state index contributed by atoms with van der Waals surface area (Å²) in [7, 11) is 1.75. The van der Waals surface area contributed by atoms with E-state index >= 15 is 0 Å².